The van der Waals surface area contributed by atoms with Crippen molar-refractivity contribution in [1.82, 2.24) is 10.6 Å². The van der Waals surface area contributed by atoms with E-state index in [9.17, 15) is 0 Å². The summed E-state index contributed by atoms with van der Waals surface area (Å²) in [6, 6.07) is 5.49. The molecule has 0 aliphatic rings. The number of aliphatic hydroxyl groups excluding tert-OH is 1. The summed E-state index contributed by atoms with van der Waals surface area (Å²) in [4.78, 5) is 0. The highest BCUT2D eigenvalue weighted by Gasteiger charge is 2.04. The number of nitrogens with one attached hydrogen (secondary N) is 2. The Hall–Kier alpha value is -0.320. The zero-order chi connectivity index (χ0) is 12.7. The van der Waals surface area contributed by atoms with E-state index >= 15 is 0 Å². The van der Waals surface area contributed by atoms with Crippen molar-refractivity contribution in [3.05, 3.63) is 33.8 Å². The van der Waals surface area contributed by atoms with E-state index in [-0.39, 0.29) is 6.10 Å². The second-order valence-corrected chi connectivity index (χ2v) is 4.74. The van der Waals surface area contributed by atoms with Crippen molar-refractivity contribution < 1.29 is 5.11 Å². The molecule has 1 aromatic carbocycles. The Bertz CT molecular complexity index is 325. The summed E-state index contributed by atoms with van der Waals surface area (Å²) < 4.78 is 0. The number of hydrogen-bond acceptors (Lipinski definition) is 3. The summed E-state index contributed by atoms with van der Waals surface area (Å²) in [6.45, 7) is 4.61. The molecule has 0 saturated carbocycles. The lowest BCUT2D eigenvalue weighted by Crippen LogP contribution is -2.31. The van der Waals surface area contributed by atoms with Gasteiger partial charge in [-0.05, 0) is 19.1 Å². The largest absolute Gasteiger partial charge is 0.392 e. The van der Waals surface area contributed by atoms with Crippen LogP contribution in [0.4, 0.5) is 0 Å². The number of halogens is 2. The van der Waals surface area contributed by atoms with Gasteiger partial charge in [0.15, 0.2) is 0 Å². The average Bonchev–Trinajstić information content (AvgIpc) is 2.26. The van der Waals surface area contributed by atoms with Crippen molar-refractivity contribution in [3.63, 3.8) is 0 Å². The van der Waals surface area contributed by atoms with Crippen LogP contribution in [-0.2, 0) is 6.54 Å². The molecule has 0 bridgehead atoms. The molecule has 96 valence electrons. The quantitative estimate of drug-likeness (QED) is 0.668. The molecule has 0 aromatic heterocycles. The smallest absolute Gasteiger partial charge is 0.0636 e. The molecule has 0 radical (unpaired) electrons. The molecule has 0 spiro atoms. The summed E-state index contributed by atoms with van der Waals surface area (Å²) in [6.07, 6.45) is -0.312. The Morgan fingerprint density at radius 3 is 2.35 bits per heavy atom. The first-order valence-corrected chi connectivity index (χ1v) is 6.39. The molecule has 0 aliphatic heterocycles. The zero-order valence-electron chi connectivity index (χ0n) is 9.84. The van der Waals surface area contributed by atoms with E-state index in [4.69, 9.17) is 28.3 Å². The molecule has 5 heteroatoms. The Morgan fingerprint density at radius 2 is 1.76 bits per heavy atom. The summed E-state index contributed by atoms with van der Waals surface area (Å²) in [5.74, 6) is 0. The van der Waals surface area contributed by atoms with E-state index in [2.05, 4.69) is 10.6 Å². The molecule has 0 fully saturated rings. The first-order valence-electron chi connectivity index (χ1n) is 5.63. The summed E-state index contributed by atoms with van der Waals surface area (Å²) in [7, 11) is 0. The molecule has 0 aliphatic carbocycles. The predicted molar refractivity (Wildman–Crippen MR) is 72.7 cm³/mol. The average molecular weight is 277 g/mol. The molecule has 17 heavy (non-hydrogen) atoms. The zero-order valence-corrected chi connectivity index (χ0v) is 11.4. The first kappa shape index (κ1) is 14.7. The number of benzene rings is 1. The Labute approximate surface area is 112 Å². The minimum atomic E-state index is -0.312. The topological polar surface area (TPSA) is 44.3 Å². The van der Waals surface area contributed by atoms with E-state index in [1.54, 1.807) is 6.92 Å². The van der Waals surface area contributed by atoms with Crippen LogP contribution in [0.1, 0.15) is 12.5 Å². The molecule has 0 amide bonds. The molecule has 3 N–H and O–H groups in total. The van der Waals surface area contributed by atoms with Gasteiger partial charge in [0.05, 0.1) is 6.10 Å². The van der Waals surface area contributed by atoms with Crippen LogP contribution in [0.2, 0.25) is 10.0 Å². The maximum atomic E-state index is 9.04. The van der Waals surface area contributed by atoms with Gasteiger partial charge >= 0.3 is 0 Å². The molecular weight excluding hydrogens is 259 g/mol. The van der Waals surface area contributed by atoms with E-state index in [1.165, 1.54) is 0 Å². The Morgan fingerprint density at radius 1 is 1.18 bits per heavy atom. The summed E-state index contributed by atoms with van der Waals surface area (Å²) in [5, 5.41) is 16.8. The highest BCUT2D eigenvalue weighted by molar-refractivity contribution is 6.35. The van der Waals surface area contributed by atoms with E-state index in [0.29, 0.717) is 23.1 Å². The van der Waals surface area contributed by atoms with Crippen molar-refractivity contribution in [3.8, 4) is 0 Å². The van der Waals surface area contributed by atoms with Crippen LogP contribution < -0.4 is 10.6 Å². The van der Waals surface area contributed by atoms with Gasteiger partial charge in [0.2, 0.25) is 0 Å². The highest BCUT2D eigenvalue weighted by atomic mass is 35.5. The van der Waals surface area contributed by atoms with Gasteiger partial charge in [0, 0.05) is 41.8 Å². The molecule has 3 nitrogen and oxygen atoms in total. The number of hydrogen-bond donors (Lipinski definition) is 3. The van der Waals surface area contributed by atoms with Crippen LogP contribution in [-0.4, -0.2) is 30.8 Å². The fourth-order valence-corrected chi connectivity index (χ4v) is 1.93. The third kappa shape index (κ3) is 5.70. The summed E-state index contributed by atoms with van der Waals surface area (Å²) >= 11 is 12.1. The van der Waals surface area contributed by atoms with E-state index in [0.717, 1.165) is 18.7 Å². The second-order valence-electron chi connectivity index (χ2n) is 3.93. The fraction of sp³-hybridized carbons (Fsp3) is 0.500. The van der Waals surface area contributed by atoms with Gasteiger partial charge in [-0.2, -0.15) is 0 Å². The highest BCUT2D eigenvalue weighted by Crippen LogP contribution is 2.23. The van der Waals surface area contributed by atoms with Gasteiger partial charge in [-0.25, -0.2) is 0 Å². The molecule has 0 saturated heterocycles. The van der Waals surface area contributed by atoms with Gasteiger partial charge in [-0.1, -0.05) is 29.3 Å². The van der Waals surface area contributed by atoms with Gasteiger partial charge < -0.3 is 15.7 Å². The standard InChI is InChI=1S/C12H18Cl2N2O/c1-9(17)7-15-5-6-16-8-10-11(13)3-2-4-12(10)14/h2-4,9,15-17H,5-8H2,1H3/t9-/m1/s1. The van der Waals surface area contributed by atoms with Crippen LogP contribution in [0.15, 0.2) is 18.2 Å². The van der Waals surface area contributed by atoms with Crippen LogP contribution in [0, 0.1) is 0 Å². The lowest BCUT2D eigenvalue weighted by molar-refractivity contribution is 0.191. The van der Waals surface area contributed by atoms with Crippen LogP contribution in [0.25, 0.3) is 0 Å². The van der Waals surface area contributed by atoms with E-state index < -0.39 is 0 Å². The van der Waals surface area contributed by atoms with Crippen molar-refractivity contribution in [2.75, 3.05) is 19.6 Å². The minimum absolute atomic E-state index is 0.312. The van der Waals surface area contributed by atoms with Crippen molar-refractivity contribution in [2.24, 2.45) is 0 Å². The van der Waals surface area contributed by atoms with Gasteiger partial charge in [-0.3, -0.25) is 0 Å². The molecule has 0 unspecified atom stereocenters. The predicted octanol–water partition coefficient (Wildman–Crippen LogP) is 2.05. The van der Waals surface area contributed by atoms with Crippen LogP contribution in [0.3, 0.4) is 0 Å². The third-order valence-corrected chi connectivity index (χ3v) is 2.99. The van der Waals surface area contributed by atoms with Gasteiger partial charge in [0.1, 0.15) is 0 Å². The second kappa shape index (κ2) is 7.90. The summed E-state index contributed by atoms with van der Waals surface area (Å²) in [5.41, 5.74) is 0.923. The third-order valence-electron chi connectivity index (χ3n) is 2.28. The lowest BCUT2D eigenvalue weighted by Gasteiger charge is -2.10. The maximum Gasteiger partial charge on any atom is 0.0636 e. The maximum absolute atomic E-state index is 9.04. The van der Waals surface area contributed by atoms with Gasteiger partial charge in [-0.15, -0.1) is 0 Å². The number of rotatable bonds is 7. The number of aliphatic hydroxyl groups is 1. The Kier molecular flexibility index (Phi) is 6.85. The monoisotopic (exact) mass is 276 g/mol. The molecule has 0 heterocycles. The fourth-order valence-electron chi connectivity index (χ4n) is 1.40. The normalized spacial score (nSPS) is 12.7. The first-order chi connectivity index (χ1) is 8.11. The van der Waals surface area contributed by atoms with Gasteiger partial charge in [0.25, 0.3) is 0 Å². The molecular formula is C12H18Cl2N2O. The molecule has 1 atom stereocenters. The lowest BCUT2D eigenvalue weighted by atomic mass is 10.2. The van der Waals surface area contributed by atoms with Crippen molar-refractivity contribution in [2.45, 2.75) is 19.6 Å². The molecule has 1 rings (SSSR count). The van der Waals surface area contributed by atoms with Crippen LogP contribution in [0.5, 0.6) is 0 Å². The SMILES string of the molecule is C[C@@H](O)CNCCNCc1c(Cl)cccc1Cl. The van der Waals surface area contributed by atoms with Crippen molar-refractivity contribution in [1.29, 1.82) is 0 Å². The Balaban J connectivity index is 2.22. The van der Waals surface area contributed by atoms with Crippen LogP contribution >= 0.6 is 23.2 Å². The van der Waals surface area contributed by atoms with E-state index in [1.807, 2.05) is 18.2 Å². The minimum Gasteiger partial charge on any atom is -0.392 e. The molecule has 1 aromatic rings. The van der Waals surface area contributed by atoms with Crippen molar-refractivity contribution >= 4 is 23.2 Å².